The Morgan fingerprint density at radius 2 is 0.983 bits per heavy atom. The van der Waals surface area contributed by atoms with E-state index in [1.807, 2.05) is 91.3 Å². The van der Waals surface area contributed by atoms with E-state index in [-0.39, 0.29) is 0 Å². The van der Waals surface area contributed by atoms with Crippen molar-refractivity contribution in [1.82, 2.24) is 19.9 Å². The molecule has 0 bridgehead atoms. The second-order valence-electron chi connectivity index (χ2n) is 15.0. The average molecular weight is 769 g/mol. The first-order valence-electron chi connectivity index (χ1n) is 20.1. The molecule has 0 fully saturated rings. The molecular weight excluding hydrogens is 733 g/mol. The third-order valence-electron chi connectivity index (χ3n) is 11.6. The van der Waals surface area contributed by atoms with Gasteiger partial charge in [0.25, 0.3) is 0 Å². The zero-order valence-corrected chi connectivity index (χ0v) is 32.5. The van der Waals surface area contributed by atoms with Gasteiger partial charge in [-0.25, -0.2) is 15.0 Å². The van der Waals surface area contributed by atoms with Crippen LogP contribution in [0.15, 0.2) is 219 Å². The second kappa shape index (κ2) is 14.7. The molecule has 5 heteroatoms. The van der Waals surface area contributed by atoms with E-state index in [0.29, 0.717) is 17.5 Å². The minimum Gasteiger partial charge on any atom is -0.465 e. The number of benzene rings is 7. The van der Waals surface area contributed by atoms with Crippen LogP contribution >= 0.6 is 0 Å². The average Bonchev–Trinajstić information content (AvgIpc) is 3.60. The number of hydrogen-bond donors (Lipinski definition) is 0. The first-order chi connectivity index (χ1) is 29.7. The normalized spacial score (nSPS) is 16.6. The van der Waals surface area contributed by atoms with E-state index in [4.69, 9.17) is 19.7 Å². The van der Waals surface area contributed by atoms with Crippen LogP contribution in [-0.4, -0.2) is 19.9 Å². The highest BCUT2D eigenvalue weighted by Gasteiger charge is 2.44. The van der Waals surface area contributed by atoms with Gasteiger partial charge >= 0.3 is 0 Å². The number of fused-ring (bicyclic) bond motifs is 8. The Bertz CT molecular complexity index is 3110. The minimum absolute atomic E-state index is 0.608. The molecule has 2 aromatic heterocycles. The first-order valence-corrected chi connectivity index (χ1v) is 20.1. The highest BCUT2D eigenvalue weighted by atomic mass is 16.5. The highest BCUT2D eigenvalue weighted by Crippen LogP contribution is 2.57. The molecule has 0 saturated heterocycles. The summed E-state index contributed by atoms with van der Waals surface area (Å²) in [7, 11) is 0. The zero-order valence-electron chi connectivity index (χ0n) is 32.5. The predicted octanol–water partition coefficient (Wildman–Crippen LogP) is 13.1. The Labute approximate surface area is 348 Å². The largest absolute Gasteiger partial charge is 0.465 e. The number of nitrogens with zero attached hydrogens (tertiary/aromatic N) is 4. The second-order valence-corrected chi connectivity index (χ2v) is 15.0. The van der Waals surface area contributed by atoms with Gasteiger partial charge in [-0.3, -0.25) is 4.98 Å². The Hall–Kier alpha value is -8.02. The monoisotopic (exact) mass is 768 g/mol. The van der Waals surface area contributed by atoms with Crippen LogP contribution in [0.5, 0.6) is 5.75 Å². The molecule has 60 heavy (non-hydrogen) atoms. The molecule has 282 valence electrons. The number of allylic oxidation sites excluding steroid dienone is 5. The van der Waals surface area contributed by atoms with Gasteiger partial charge in [0.15, 0.2) is 17.5 Å². The molecule has 1 aliphatic carbocycles. The standard InChI is InChI=1S/C55H36N4O/c1-2-12-33-60-51-21-10-9-20-50(51)55(31-11-1)48-28-26-42(34-45(48)46-35-43(27-29-49(46)55)44-19-13-18-38-30-32-56-36-47(38)44)37-22-24-41(25-23-37)54-58-52(39-14-5-3-6-15-39)57-53(59-54)40-16-7-4-8-17-40/h1-36H/b2-1-,31-11+,33-12+. The van der Waals surface area contributed by atoms with E-state index in [1.165, 1.54) is 22.3 Å². The summed E-state index contributed by atoms with van der Waals surface area (Å²) in [5, 5.41) is 2.29. The zero-order chi connectivity index (χ0) is 39.9. The van der Waals surface area contributed by atoms with Crippen molar-refractivity contribution in [3.63, 3.8) is 0 Å². The van der Waals surface area contributed by atoms with Crippen molar-refractivity contribution in [2.75, 3.05) is 0 Å². The quantitative estimate of drug-likeness (QED) is 0.174. The summed E-state index contributed by atoms with van der Waals surface area (Å²) < 4.78 is 6.34. The SMILES string of the molecule is C1=C\C=C\C2(c3ccccc3O/C=C/1)c1ccc(-c3ccc(-c4nc(-c5ccccc5)nc(-c5ccccc5)n4)cc3)cc1-c1cc(-c3cccc4ccncc34)ccc12. The molecule has 3 heterocycles. The van der Waals surface area contributed by atoms with Crippen molar-refractivity contribution in [3.8, 4) is 73.3 Å². The van der Waals surface area contributed by atoms with E-state index < -0.39 is 5.41 Å². The summed E-state index contributed by atoms with van der Waals surface area (Å²) in [4.78, 5) is 19.3. The smallest absolute Gasteiger partial charge is 0.164 e. The van der Waals surface area contributed by atoms with Crippen molar-refractivity contribution >= 4 is 10.8 Å². The third-order valence-corrected chi connectivity index (χ3v) is 11.6. The summed E-state index contributed by atoms with van der Waals surface area (Å²) in [5.41, 5.74) is 12.6. The Morgan fingerprint density at radius 3 is 1.70 bits per heavy atom. The molecule has 1 atom stereocenters. The van der Waals surface area contributed by atoms with Gasteiger partial charge in [-0.05, 0) is 80.2 Å². The number of aromatic nitrogens is 4. The molecule has 1 aliphatic heterocycles. The third kappa shape index (κ3) is 6.03. The Kier molecular flexibility index (Phi) is 8.63. The molecule has 9 aromatic rings. The predicted molar refractivity (Wildman–Crippen MR) is 242 cm³/mol. The number of pyridine rings is 1. The number of rotatable bonds is 5. The molecule has 0 N–H and O–H groups in total. The Balaban J connectivity index is 1.06. The van der Waals surface area contributed by atoms with Crippen LogP contribution < -0.4 is 4.74 Å². The minimum atomic E-state index is -0.608. The number of ether oxygens (including phenoxy) is 1. The summed E-state index contributed by atoms with van der Waals surface area (Å²) in [6.45, 7) is 0. The van der Waals surface area contributed by atoms with Crippen molar-refractivity contribution in [1.29, 1.82) is 0 Å². The lowest BCUT2D eigenvalue weighted by Gasteiger charge is -2.31. The van der Waals surface area contributed by atoms with Gasteiger partial charge in [-0.15, -0.1) is 0 Å². The van der Waals surface area contributed by atoms with E-state index in [9.17, 15) is 0 Å². The van der Waals surface area contributed by atoms with Gasteiger partial charge in [0.2, 0.25) is 0 Å². The van der Waals surface area contributed by atoms with Crippen LogP contribution in [0.4, 0.5) is 0 Å². The molecule has 11 rings (SSSR count). The van der Waals surface area contributed by atoms with E-state index in [0.717, 1.165) is 61.0 Å². The summed E-state index contributed by atoms with van der Waals surface area (Å²) >= 11 is 0. The van der Waals surface area contributed by atoms with Crippen molar-refractivity contribution in [2.24, 2.45) is 0 Å². The van der Waals surface area contributed by atoms with E-state index in [1.54, 1.807) is 6.26 Å². The van der Waals surface area contributed by atoms with Crippen molar-refractivity contribution < 1.29 is 4.74 Å². The van der Waals surface area contributed by atoms with Crippen LogP contribution in [0, 0.1) is 0 Å². The van der Waals surface area contributed by atoms with Gasteiger partial charge in [0.1, 0.15) is 5.75 Å². The summed E-state index contributed by atoms with van der Waals surface area (Å²) in [6, 6.07) is 59.5. The van der Waals surface area contributed by atoms with Crippen molar-refractivity contribution in [2.45, 2.75) is 5.41 Å². The number of hydrogen-bond acceptors (Lipinski definition) is 5. The van der Waals surface area contributed by atoms with E-state index in [2.05, 4.69) is 126 Å². The van der Waals surface area contributed by atoms with E-state index >= 15 is 0 Å². The fraction of sp³-hybridized carbons (Fsp3) is 0.0182. The first kappa shape index (κ1) is 35.2. The number of para-hydroxylation sites is 1. The van der Waals surface area contributed by atoms with Gasteiger partial charge in [-0.2, -0.15) is 0 Å². The van der Waals surface area contributed by atoms with Gasteiger partial charge in [0.05, 0.1) is 11.7 Å². The Morgan fingerprint density at radius 1 is 0.400 bits per heavy atom. The maximum Gasteiger partial charge on any atom is 0.164 e. The van der Waals surface area contributed by atoms with Gasteiger partial charge < -0.3 is 4.74 Å². The van der Waals surface area contributed by atoms with Crippen LogP contribution in [-0.2, 0) is 5.41 Å². The lowest BCUT2D eigenvalue weighted by molar-refractivity contribution is 0.469. The molecule has 2 aliphatic rings. The molecular formula is C55H36N4O. The fourth-order valence-electron chi connectivity index (χ4n) is 8.77. The molecule has 0 saturated carbocycles. The molecule has 0 radical (unpaired) electrons. The van der Waals surface area contributed by atoms with Crippen LogP contribution in [0.2, 0.25) is 0 Å². The molecule has 5 nitrogen and oxygen atoms in total. The maximum atomic E-state index is 6.34. The lowest BCUT2D eigenvalue weighted by Crippen LogP contribution is -2.25. The molecule has 1 spiro atoms. The van der Waals surface area contributed by atoms with Gasteiger partial charge in [-0.1, -0.05) is 170 Å². The lowest BCUT2D eigenvalue weighted by atomic mass is 9.71. The topological polar surface area (TPSA) is 60.8 Å². The van der Waals surface area contributed by atoms with Crippen LogP contribution in [0.25, 0.3) is 78.3 Å². The molecule has 7 aromatic carbocycles. The van der Waals surface area contributed by atoms with Gasteiger partial charge in [0, 0.05) is 40.0 Å². The fourth-order valence-corrected chi connectivity index (χ4v) is 8.77. The molecule has 0 amide bonds. The molecule has 1 unspecified atom stereocenters. The summed E-state index contributed by atoms with van der Waals surface area (Å²) in [6.07, 6.45) is 16.1. The highest BCUT2D eigenvalue weighted by molar-refractivity contribution is 5.98. The maximum absolute atomic E-state index is 6.34. The summed E-state index contributed by atoms with van der Waals surface area (Å²) in [5.74, 6) is 2.73. The van der Waals surface area contributed by atoms with Crippen LogP contribution in [0.1, 0.15) is 16.7 Å². The van der Waals surface area contributed by atoms with Crippen LogP contribution in [0.3, 0.4) is 0 Å². The van der Waals surface area contributed by atoms with Crippen molar-refractivity contribution in [3.05, 3.63) is 236 Å².